The average Bonchev–Trinajstić information content (AvgIpc) is 3.16. The van der Waals surface area contributed by atoms with E-state index in [-0.39, 0.29) is 18.2 Å². The molecular weight excluding hydrogens is 398 g/mol. The van der Waals surface area contributed by atoms with Crippen LogP contribution in [0, 0.1) is 12.8 Å². The lowest BCUT2D eigenvalue weighted by atomic mass is 10.1. The quantitative estimate of drug-likeness (QED) is 0.706. The van der Waals surface area contributed by atoms with Crippen LogP contribution in [0.3, 0.4) is 0 Å². The van der Waals surface area contributed by atoms with Crippen molar-refractivity contribution in [2.45, 2.75) is 13.3 Å². The highest BCUT2D eigenvalue weighted by molar-refractivity contribution is 9.10. The number of carbonyl (C=O) groups excluding carboxylic acids is 2. The Morgan fingerprint density at radius 2 is 2.15 bits per heavy atom. The first-order valence-corrected chi connectivity index (χ1v) is 9.03. The number of anilines is 2. The molecule has 1 fully saturated rings. The predicted molar refractivity (Wildman–Crippen MR) is 102 cm³/mol. The number of rotatable bonds is 3. The first-order chi connectivity index (χ1) is 12.5. The van der Waals surface area contributed by atoms with Crippen LogP contribution >= 0.6 is 15.9 Å². The van der Waals surface area contributed by atoms with E-state index in [0.717, 1.165) is 10.2 Å². The molecule has 1 N–H and O–H groups in total. The van der Waals surface area contributed by atoms with E-state index in [1.54, 1.807) is 17.9 Å². The van der Waals surface area contributed by atoms with Gasteiger partial charge < -0.3 is 14.6 Å². The van der Waals surface area contributed by atoms with Crippen LogP contribution in [0.5, 0.6) is 0 Å². The molecule has 132 valence electrons. The Bertz CT molecular complexity index is 1010. The summed E-state index contributed by atoms with van der Waals surface area (Å²) in [7, 11) is 0. The first-order valence-electron chi connectivity index (χ1n) is 8.23. The summed E-state index contributed by atoms with van der Waals surface area (Å²) in [6.07, 6.45) is 0.190. The molecule has 1 unspecified atom stereocenters. The number of hydrogen-bond acceptors (Lipinski definition) is 4. The lowest BCUT2D eigenvalue weighted by Gasteiger charge is -2.16. The molecule has 4 rings (SSSR count). The molecule has 0 saturated carbocycles. The predicted octanol–water partition coefficient (Wildman–Crippen LogP) is 3.89. The van der Waals surface area contributed by atoms with Gasteiger partial charge >= 0.3 is 0 Å². The lowest BCUT2D eigenvalue weighted by molar-refractivity contribution is -0.122. The van der Waals surface area contributed by atoms with Gasteiger partial charge in [0.25, 0.3) is 0 Å². The van der Waals surface area contributed by atoms with Crippen LogP contribution in [0.15, 0.2) is 51.4 Å². The summed E-state index contributed by atoms with van der Waals surface area (Å²) < 4.78 is 6.35. The van der Waals surface area contributed by atoms with Gasteiger partial charge in [0.05, 0.1) is 5.92 Å². The second-order valence-corrected chi connectivity index (χ2v) is 7.21. The fourth-order valence-electron chi connectivity index (χ4n) is 3.14. The van der Waals surface area contributed by atoms with Crippen molar-refractivity contribution < 1.29 is 14.0 Å². The monoisotopic (exact) mass is 413 g/mol. The van der Waals surface area contributed by atoms with Gasteiger partial charge in [-0.1, -0.05) is 22.0 Å². The Morgan fingerprint density at radius 3 is 2.96 bits per heavy atom. The van der Waals surface area contributed by atoms with Gasteiger partial charge in [-0.05, 0) is 36.4 Å². The second kappa shape index (κ2) is 6.57. The summed E-state index contributed by atoms with van der Waals surface area (Å²) in [5.74, 6) is -0.0383. The molecule has 0 radical (unpaired) electrons. The molecule has 2 heterocycles. The van der Waals surface area contributed by atoms with Gasteiger partial charge in [0.2, 0.25) is 11.8 Å². The van der Waals surface area contributed by atoms with Crippen LogP contribution in [0.1, 0.15) is 12.3 Å². The van der Waals surface area contributed by atoms with Crippen LogP contribution < -0.4 is 10.2 Å². The highest BCUT2D eigenvalue weighted by Crippen LogP contribution is 2.29. The van der Waals surface area contributed by atoms with Gasteiger partial charge in [0, 0.05) is 35.7 Å². The van der Waals surface area contributed by atoms with Gasteiger partial charge in [-0.15, -0.1) is 0 Å². The van der Waals surface area contributed by atoms with Crippen LogP contribution in [-0.4, -0.2) is 23.3 Å². The van der Waals surface area contributed by atoms with Crippen molar-refractivity contribution in [3.63, 3.8) is 0 Å². The number of nitrogens with one attached hydrogen (secondary N) is 1. The van der Waals surface area contributed by atoms with Crippen LogP contribution in [-0.2, 0) is 9.59 Å². The topological polar surface area (TPSA) is 75.4 Å². The standard InChI is InChI=1S/C19H16BrN3O3/c1-11-21-16-9-15(5-6-17(16)26-11)23-10-12(7-18(23)24)19(25)22-14-4-2-3-13(20)8-14/h2-6,8-9,12H,7,10H2,1H3,(H,22,25). The molecule has 2 aromatic carbocycles. The van der Waals surface area contributed by atoms with E-state index in [1.165, 1.54) is 0 Å². The number of carbonyl (C=O) groups is 2. The van der Waals surface area contributed by atoms with Crippen LogP contribution in [0.4, 0.5) is 11.4 Å². The Hall–Kier alpha value is -2.67. The Morgan fingerprint density at radius 1 is 1.31 bits per heavy atom. The van der Waals surface area contributed by atoms with Crippen molar-refractivity contribution in [2.75, 3.05) is 16.8 Å². The fourth-order valence-corrected chi connectivity index (χ4v) is 3.54. The summed E-state index contributed by atoms with van der Waals surface area (Å²) in [5, 5.41) is 2.88. The van der Waals surface area contributed by atoms with E-state index < -0.39 is 5.92 Å². The molecule has 0 bridgehead atoms. The molecule has 1 aliphatic heterocycles. The molecule has 1 aromatic heterocycles. The molecule has 1 atom stereocenters. The van der Waals surface area contributed by atoms with Crippen LogP contribution in [0.25, 0.3) is 11.1 Å². The normalized spacial score (nSPS) is 17.1. The maximum absolute atomic E-state index is 12.5. The number of aryl methyl sites for hydroxylation is 1. The highest BCUT2D eigenvalue weighted by atomic mass is 79.9. The third-order valence-electron chi connectivity index (χ3n) is 4.38. The minimum absolute atomic E-state index is 0.0704. The van der Waals surface area contributed by atoms with E-state index >= 15 is 0 Å². The number of nitrogens with zero attached hydrogens (tertiary/aromatic N) is 2. The van der Waals surface area contributed by atoms with Crippen molar-refractivity contribution in [3.8, 4) is 0 Å². The molecule has 7 heteroatoms. The zero-order valence-electron chi connectivity index (χ0n) is 14.0. The van der Waals surface area contributed by atoms with E-state index in [9.17, 15) is 9.59 Å². The number of oxazole rings is 1. The third-order valence-corrected chi connectivity index (χ3v) is 4.87. The Kier molecular flexibility index (Phi) is 4.24. The number of halogens is 1. The van der Waals surface area contributed by atoms with Crippen molar-refractivity contribution in [1.82, 2.24) is 4.98 Å². The zero-order chi connectivity index (χ0) is 18.3. The maximum atomic E-state index is 12.5. The van der Waals surface area contributed by atoms with Crippen molar-refractivity contribution >= 4 is 50.2 Å². The van der Waals surface area contributed by atoms with Gasteiger partial charge in [-0.2, -0.15) is 0 Å². The number of aromatic nitrogens is 1. The molecular formula is C19H16BrN3O3. The van der Waals surface area contributed by atoms with Gasteiger partial charge in [0.15, 0.2) is 11.5 Å². The Labute approximate surface area is 158 Å². The van der Waals surface area contributed by atoms with Gasteiger partial charge in [0.1, 0.15) is 5.52 Å². The van der Waals surface area contributed by atoms with Crippen molar-refractivity contribution in [2.24, 2.45) is 5.92 Å². The molecule has 0 spiro atoms. The average molecular weight is 414 g/mol. The van der Waals surface area contributed by atoms with E-state index in [1.807, 2.05) is 36.4 Å². The third kappa shape index (κ3) is 3.22. The summed E-state index contributed by atoms with van der Waals surface area (Å²) in [5.41, 5.74) is 2.82. The largest absolute Gasteiger partial charge is 0.441 e. The smallest absolute Gasteiger partial charge is 0.229 e. The van der Waals surface area contributed by atoms with Crippen molar-refractivity contribution in [1.29, 1.82) is 0 Å². The Balaban J connectivity index is 1.51. The molecule has 1 saturated heterocycles. The molecule has 2 amide bonds. The van der Waals surface area contributed by atoms with Crippen molar-refractivity contribution in [3.05, 3.63) is 52.8 Å². The zero-order valence-corrected chi connectivity index (χ0v) is 15.6. The molecule has 6 nitrogen and oxygen atoms in total. The van der Waals surface area contributed by atoms with Gasteiger partial charge in [-0.3, -0.25) is 9.59 Å². The first kappa shape index (κ1) is 16.8. The van der Waals surface area contributed by atoms with E-state index in [4.69, 9.17) is 4.42 Å². The molecule has 3 aromatic rings. The lowest BCUT2D eigenvalue weighted by Crippen LogP contribution is -2.28. The number of hydrogen-bond donors (Lipinski definition) is 1. The minimum Gasteiger partial charge on any atom is -0.441 e. The minimum atomic E-state index is -0.392. The number of benzene rings is 2. The molecule has 1 aliphatic rings. The number of amides is 2. The molecule has 0 aliphatic carbocycles. The highest BCUT2D eigenvalue weighted by Gasteiger charge is 2.35. The van der Waals surface area contributed by atoms with E-state index in [2.05, 4.69) is 26.2 Å². The second-order valence-electron chi connectivity index (χ2n) is 6.29. The number of fused-ring (bicyclic) bond motifs is 1. The summed E-state index contributed by atoms with van der Waals surface area (Å²) >= 11 is 3.38. The summed E-state index contributed by atoms with van der Waals surface area (Å²) in [6.45, 7) is 2.13. The summed E-state index contributed by atoms with van der Waals surface area (Å²) in [6, 6.07) is 12.8. The van der Waals surface area contributed by atoms with E-state index in [0.29, 0.717) is 29.2 Å². The summed E-state index contributed by atoms with van der Waals surface area (Å²) in [4.78, 5) is 30.9. The maximum Gasteiger partial charge on any atom is 0.229 e. The van der Waals surface area contributed by atoms with Crippen LogP contribution in [0.2, 0.25) is 0 Å². The van der Waals surface area contributed by atoms with Gasteiger partial charge in [-0.25, -0.2) is 4.98 Å². The SMILES string of the molecule is Cc1nc2cc(N3CC(C(=O)Nc4cccc(Br)c4)CC3=O)ccc2o1. The fraction of sp³-hybridized carbons (Fsp3) is 0.211. The molecule has 26 heavy (non-hydrogen) atoms.